The SMILES string of the molecule is COc1ccc(C(=O)N(C)CC(=O)Nc2cccc3ccccc23)cc1Br. The van der Waals surface area contributed by atoms with Gasteiger partial charge in [-0.1, -0.05) is 36.4 Å². The van der Waals surface area contributed by atoms with Gasteiger partial charge in [0, 0.05) is 23.7 Å². The minimum atomic E-state index is -0.255. The lowest BCUT2D eigenvalue weighted by Gasteiger charge is -2.18. The summed E-state index contributed by atoms with van der Waals surface area (Å²) in [5, 5.41) is 4.89. The number of benzene rings is 3. The summed E-state index contributed by atoms with van der Waals surface area (Å²) in [5.41, 5.74) is 1.20. The number of carbonyl (C=O) groups is 2. The quantitative estimate of drug-likeness (QED) is 0.660. The van der Waals surface area contributed by atoms with Crippen molar-refractivity contribution in [3.05, 3.63) is 70.7 Å². The number of anilines is 1. The molecule has 5 nitrogen and oxygen atoms in total. The first-order chi connectivity index (χ1) is 13.0. The number of hydrogen-bond donors (Lipinski definition) is 1. The summed E-state index contributed by atoms with van der Waals surface area (Å²) in [6.45, 7) is -0.0499. The average molecular weight is 427 g/mol. The molecular formula is C21H19BrN2O3. The molecule has 3 aromatic rings. The maximum absolute atomic E-state index is 12.6. The number of carbonyl (C=O) groups excluding carboxylic acids is 2. The van der Waals surface area contributed by atoms with Crippen molar-refractivity contribution in [1.29, 1.82) is 0 Å². The van der Waals surface area contributed by atoms with Gasteiger partial charge in [0.05, 0.1) is 18.1 Å². The minimum absolute atomic E-state index is 0.0499. The average Bonchev–Trinajstić information content (AvgIpc) is 2.67. The van der Waals surface area contributed by atoms with Gasteiger partial charge >= 0.3 is 0 Å². The summed E-state index contributed by atoms with van der Waals surface area (Å²) in [7, 11) is 3.16. The number of fused-ring (bicyclic) bond motifs is 1. The topological polar surface area (TPSA) is 58.6 Å². The van der Waals surface area contributed by atoms with Crippen LogP contribution < -0.4 is 10.1 Å². The minimum Gasteiger partial charge on any atom is -0.496 e. The number of rotatable bonds is 5. The fraction of sp³-hybridized carbons (Fsp3) is 0.143. The molecule has 0 aromatic heterocycles. The molecule has 0 fully saturated rings. The van der Waals surface area contributed by atoms with Gasteiger partial charge in [0.15, 0.2) is 0 Å². The van der Waals surface area contributed by atoms with E-state index < -0.39 is 0 Å². The number of likely N-dealkylation sites (N-methyl/N-ethyl adjacent to an activating group) is 1. The van der Waals surface area contributed by atoms with E-state index in [9.17, 15) is 9.59 Å². The lowest BCUT2D eigenvalue weighted by Crippen LogP contribution is -2.35. The normalized spacial score (nSPS) is 10.5. The molecular weight excluding hydrogens is 408 g/mol. The molecule has 0 aliphatic heterocycles. The highest BCUT2D eigenvalue weighted by Gasteiger charge is 2.17. The highest BCUT2D eigenvalue weighted by Crippen LogP contribution is 2.26. The fourth-order valence-electron chi connectivity index (χ4n) is 2.83. The monoisotopic (exact) mass is 426 g/mol. The summed E-state index contributed by atoms with van der Waals surface area (Å²) in [4.78, 5) is 26.4. The zero-order valence-electron chi connectivity index (χ0n) is 15.0. The number of halogens is 1. The van der Waals surface area contributed by atoms with Gasteiger partial charge < -0.3 is 15.0 Å². The summed E-state index contributed by atoms with van der Waals surface area (Å²) in [5.74, 6) is 0.143. The maximum atomic E-state index is 12.6. The van der Waals surface area contributed by atoms with Crippen LogP contribution in [-0.2, 0) is 4.79 Å². The Morgan fingerprint density at radius 3 is 2.56 bits per heavy atom. The van der Waals surface area contributed by atoms with Crippen LogP contribution in [0, 0.1) is 0 Å². The molecule has 27 heavy (non-hydrogen) atoms. The van der Waals surface area contributed by atoms with Crippen molar-refractivity contribution in [3.63, 3.8) is 0 Å². The van der Waals surface area contributed by atoms with Crippen molar-refractivity contribution in [2.24, 2.45) is 0 Å². The van der Waals surface area contributed by atoms with Crippen molar-refractivity contribution in [1.82, 2.24) is 4.90 Å². The van der Waals surface area contributed by atoms with Crippen LogP contribution in [0.15, 0.2) is 65.1 Å². The lowest BCUT2D eigenvalue weighted by atomic mass is 10.1. The molecule has 0 heterocycles. The third-order valence-electron chi connectivity index (χ3n) is 4.19. The first kappa shape index (κ1) is 18.9. The third kappa shape index (κ3) is 4.28. The second-order valence-corrected chi connectivity index (χ2v) is 6.94. The predicted molar refractivity (Wildman–Crippen MR) is 110 cm³/mol. The van der Waals surface area contributed by atoms with E-state index in [0.29, 0.717) is 15.8 Å². The third-order valence-corrected chi connectivity index (χ3v) is 4.81. The van der Waals surface area contributed by atoms with Gasteiger partial charge in [-0.3, -0.25) is 9.59 Å². The van der Waals surface area contributed by atoms with E-state index in [4.69, 9.17) is 4.74 Å². The Balaban J connectivity index is 1.70. The molecule has 0 spiro atoms. The van der Waals surface area contributed by atoms with E-state index in [1.165, 1.54) is 4.90 Å². The van der Waals surface area contributed by atoms with Crippen LogP contribution in [-0.4, -0.2) is 37.4 Å². The van der Waals surface area contributed by atoms with Crippen LogP contribution in [0.4, 0.5) is 5.69 Å². The lowest BCUT2D eigenvalue weighted by molar-refractivity contribution is -0.116. The summed E-state index contributed by atoms with van der Waals surface area (Å²) >= 11 is 3.37. The van der Waals surface area contributed by atoms with Gasteiger partial charge in [-0.25, -0.2) is 0 Å². The zero-order chi connectivity index (χ0) is 19.4. The maximum Gasteiger partial charge on any atom is 0.254 e. The van der Waals surface area contributed by atoms with Gasteiger partial charge in [0.1, 0.15) is 5.75 Å². The van der Waals surface area contributed by atoms with E-state index in [1.54, 1.807) is 32.4 Å². The molecule has 1 N–H and O–H groups in total. The van der Waals surface area contributed by atoms with Crippen molar-refractivity contribution in [2.75, 3.05) is 26.0 Å². The largest absolute Gasteiger partial charge is 0.496 e. The van der Waals surface area contributed by atoms with Gasteiger partial charge in [0.2, 0.25) is 5.91 Å². The van der Waals surface area contributed by atoms with Crippen molar-refractivity contribution in [3.8, 4) is 5.75 Å². The molecule has 0 bridgehead atoms. The summed E-state index contributed by atoms with van der Waals surface area (Å²) in [6, 6.07) is 18.6. The molecule has 0 saturated carbocycles. The first-order valence-corrected chi connectivity index (χ1v) is 9.15. The molecule has 2 amide bonds. The highest BCUT2D eigenvalue weighted by atomic mass is 79.9. The highest BCUT2D eigenvalue weighted by molar-refractivity contribution is 9.10. The van der Waals surface area contributed by atoms with Crippen LogP contribution >= 0.6 is 15.9 Å². The smallest absolute Gasteiger partial charge is 0.254 e. The number of amides is 2. The van der Waals surface area contributed by atoms with Gasteiger partial charge in [-0.2, -0.15) is 0 Å². The Kier molecular flexibility index (Phi) is 5.76. The van der Waals surface area contributed by atoms with E-state index in [-0.39, 0.29) is 18.4 Å². The van der Waals surface area contributed by atoms with E-state index in [1.807, 2.05) is 42.5 Å². The van der Waals surface area contributed by atoms with Crippen LogP contribution in [0.5, 0.6) is 5.75 Å². The molecule has 3 aromatic carbocycles. The second-order valence-electron chi connectivity index (χ2n) is 6.09. The summed E-state index contributed by atoms with van der Waals surface area (Å²) in [6.07, 6.45) is 0. The zero-order valence-corrected chi connectivity index (χ0v) is 16.6. The Morgan fingerprint density at radius 1 is 1.07 bits per heavy atom. The van der Waals surface area contributed by atoms with E-state index in [0.717, 1.165) is 16.5 Å². The number of methoxy groups -OCH3 is 1. The van der Waals surface area contributed by atoms with Gasteiger partial charge in [-0.05, 0) is 45.6 Å². The first-order valence-electron chi connectivity index (χ1n) is 8.36. The van der Waals surface area contributed by atoms with E-state index >= 15 is 0 Å². The van der Waals surface area contributed by atoms with Gasteiger partial charge in [0.25, 0.3) is 5.91 Å². The summed E-state index contributed by atoms with van der Waals surface area (Å²) < 4.78 is 5.86. The molecule has 3 rings (SSSR count). The Bertz CT molecular complexity index is 998. The number of ether oxygens (including phenoxy) is 1. The standard InChI is InChI=1S/C21H19BrN2O3/c1-24(21(26)15-10-11-19(27-2)17(22)12-15)13-20(25)23-18-9-5-7-14-6-3-4-8-16(14)18/h3-12H,13H2,1-2H3,(H,23,25). The molecule has 0 aliphatic rings. The fourth-order valence-corrected chi connectivity index (χ4v) is 3.37. The van der Waals surface area contributed by atoms with Crippen LogP contribution in [0.3, 0.4) is 0 Å². The molecule has 0 saturated heterocycles. The predicted octanol–water partition coefficient (Wildman–Crippen LogP) is 4.32. The van der Waals surface area contributed by atoms with Crippen molar-refractivity contribution in [2.45, 2.75) is 0 Å². The number of nitrogens with zero attached hydrogens (tertiary/aromatic N) is 1. The molecule has 6 heteroatoms. The molecule has 138 valence electrons. The van der Waals surface area contributed by atoms with Crippen molar-refractivity contribution < 1.29 is 14.3 Å². The second kappa shape index (κ2) is 8.22. The molecule has 0 aliphatic carbocycles. The van der Waals surface area contributed by atoms with Gasteiger partial charge in [-0.15, -0.1) is 0 Å². The number of hydrogen-bond acceptors (Lipinski definition) is 3. The molecule has 0 unspecified atom stereocenters. The van der Waals surface area contributed by atoms with Crippen LogP contribution in [0.2, 0.25) is 0 Å². The molecule has 0 atom stereocenters. The Labute approximate surface area is 166 Å². The van der Waals surface area contributed by atoms with Crippen LogP contribution in [0.25, 0.3) is 10.8 Å². The molecule has 0 radical (unpaired) electrons. The number of nitrogens with one attached hydrogen (secondary N) is 1. The van der Waals surface area contributed by atoms with E-state index in [2.05, 4.69) is 21.2 Å². The Morgan fingerprint density at radius 2 is 1.81 bits per heavy atom. The Hall–Kier alpha value is -2.86. The van der Waals surface area contributed by atoms with Crippen molar-refractivity contribution >= 4 is 44.2 Å². The van der Waals surface area contributed by atoms with Crippen LogP contribution in [0.1, 0.15) is 10.4 Å².